The Hall–Kier alpha value is -3.11. The largest absolute Gasteiger partial charge is 0.507 e. The number of hydrogen-bond donors (Lipinski definition) is 1. The summed E-state index contributed by atoms with van der Waals surface area (Å²) < 4.78 is 0. The molecular formula is C29H36N2O2. The molecule has 1 N–H and O–H groups in total. The van der Waals surface area contributed by atoms with Gasteiger partial charge in [-0.05, 0) is 82.6 Å². The molecular weight excluding hydrogens is 408 g/mol. The highest BCUT2D eigenvalue weighted by atomic mass is 16.3. The van der Waals surface area contributed by atoms with E-state index < -0.39 is 0 Å². The molecule has 0 aliphatic carbocycles. The number of amides is 1. The average Bonchev–Trinajstić information content (AvgIpc) is 2.78. The monoisotopic (exact) mass is 444 g/mol. The third-order valence-corrected chi connectivity index (χ3v) is 6.30. The van der Waals surface area contributed by atoms with Gasteiger partial charge in [-0.25, -0.2) is 0 Å². The highest BCUT2D eigenvalue weighted by Crippen LogP contribution is 2.33. The first-order valence-electron chi connectivity index (χ1n) is 11.6. The second-order valence-corrected chi connectivity index (χ2v) is 9.44. The molecule has 33 heavy (non-hydrogen) atoms. The zero-order valence-electron chi connectivity index (χ0n) is 20.8. The van der Waals surface area contributed by atoms with Gasteiger partial charge in [0.15, 0.2) is 0 Å². The number of aromatic hydroxyl groups is 1. The molecule has 0 saturated heterocycles. The Morgan fingerprint density at radius 3 is 1.70 bits per heavy atom. The number of hydrogen-bond acceptors (Lipinski definition) is 3. The van der Waals surface area contributed by atoms with Crippen LogP contribution in [0.1, 0.15) is 56.6 Å². The lowest BCUT2D eigenvalue weighted by atomic mass is 9.94. The van der Waals surface area contributed by atoms with Gasteiger partial charge in [0, 0.05) is 18.1 Å². The Morgan fingerprint density at radius 2 is 1.21 bits per heavy atom. The van der Waals surface area contributed by atoms with E-state index in [9.17, 15) is 9.90 Å². The Morgan fingerprint density at radius 1 is 0.727 bits per heavy atom. The minimum absolute atomic E-state index is 0.0125. The number of rotatable bonds is 7. The van der Waals surface area contributed by atoms with Crippen LogP contribution < -0.4 is 0 Å². The molecule has 0 bridgehead atoms. The maximum Gasteiger partial charge on any atom is 0.258 e. The molecule has 0 saturated carbocycles. The second-order valence-electron chi connectivity index (χ2n) is 9.44. The van der Waals surface area contributed by atoms with Crippen LogP contribution in [0.25, 0.3) is 22.3 Å². The average molecular weight is 445 g/mol. The van der Waals surface area contributed by atoms with Gasteiger partial charge in [-0.1, -0.05) is 60.7 Å². The quantitative estimate of drug-likeness (QED) is 0.446. The van der Waals surface area contributed by atoms with Gasteiger partial charge in [-0.2, -0.15) is 0 Å². The van der Waals surface area contributed by atoms with E-state index in [0.717, 1.165) is 22.3 Å². The predicted molar refractivity (Wildman–Crippen MR) is 138 cm³/mol. The molecule has 1 atom stereocenters. The van der Waals surface area contributed by atoms with E-state index in [-0.39, 0.29) is 23.7 Å². The smallest absolute Gasteiger partial charge is 0.258 e. The first-order valence-corrected chi connectivity index (χ1v) is 11.6. The molecule has 0 spiro atoms. The maximum absolute atomic E-state index is 13.4. The first kappa shape index (κ1) is 24.5. The summed E-state index contributed by atoms with van der Waals surface area (Å²) in [5.74, 6) is -0.138. The van der Waals surface area contributed by atoms with Gasteiger partial charge in [-0.3, -0.25) is 4.79 Å². The summed E-state index contributed by atoms with van der Waals surface area (Å²) in [7, 11) is 4.17. The van der Waals surface area contributed by atoms with Crippen LogP contribution in [-0.4, -0.2) is 47.0 Å². The molecule has 1 amide bonds. The number of benzene rings is 3. The summed E-state index contributed by atoms with van der Waals surface area (Å²) in [6.07, 6.45) is 0. The van der Waals surface area contributed by atoms with E-state index in [1.54, 1.807) is 12.1 Å². The maximum atomic E-state index is 13.4. The first-order chi connectivity index (χ1) is 15.6. The minimum atomic E-state index is -0.150. The van der Waals surface area contributed by atoms with Crippen molar-refractivity contribution in [2.75, 3.05) is 14.1 Å². The Balaban J connectivity index is 1.95. The molecule has 4 heteroatoms. The molecule has 174 valence electrons. The van der Waals surface area contributed by atoms with E-state index >= 15 is 0 Å². The lowest BCUT2D eigenvalue weighted by Crippen LogP contribution is -2.42. The van der Waals surface area contributed by atoms with Crippen molar-refractivity contribution in [1.82, 2.24) is 9.80 Å². The van der Waals surface area contributed by atoms with Gasteiger partial charge in [0.1, 0.15) is 5.75 Å². The van der Waals surface area contributed by atoms with Crippen molar-refractivity contribution < 1.29 is 9.90 Å². The van der Waals surface area contributed by atoms with Gasteiger partial charge in [0.05, 0.1) is 5.56 Å². The van der Waals surface area contributed by atoms with Crippen LogP contribution >= 0.6 is 0 Å². The van der Waals surface area contributed by atoms with Crippen molar-refractivity contribution in [3.8, 4) is 28.0 Å². The second kappa shape index (κ2) is 10.2. The van der Waals surface area contributed by atoms with E-state index in [0.29, 0.717) is 11.6 Å². The van der Waals surface area contributed by atoms with Crippen molar-refractivity contribution in [3.05, 3.63) is 77.9 Å². The Labute approximate surface area is 198 Å². The summed E-state index contributed by atoms with van der Waals surface area (Å²) >= 11 is 0. The van der Waals surface area contributed by atoms with Crippen molar-refractivity contribution in [3.63, 3.8) is 0 Å². The third kappa shape index (κ3) is 5.28. The Kier molecular flexibility index (Phi) is 7.60. The highest BCUT2D eigenvalue weighted by molar-refractivity contribution is 6.03. The predicted octanol–water partition coefficient (Wildman–Crippen LogP) is 6.61. The topological polar surface area (TPSA) is 43.8 Å². The van der Waals surface area contributed by atoms with Crippen LogP contribution in [0.15, 0.2) is 66.7 Å². The number of phenolic OH excluding ortho intramolecular Hbond substituents is 1. The summed E-state index contributed by atoms with van der Waals surface area (Å²) in [5.41, 5.74) is 5.55. The molecule has 3 aromatic carbocycles. The molecule has 3 rings (SSSR count). The van der Waals surface area contributed by atoms with Crippen molar-refractivity contribution in [2.45, 2.75) is 52.7 Å². The summed E-state index contributed by atoms with van der Waals surface area (Å²) in [5, 5.41) is 10.6. The number of phenols is 1. The van der Waals surface area contributed by atoms with E-state index in [1.807, 2.05) is 50.8 Å². The van der Waals surface area contributed by atoms with Crippen LogP contribution in [0, 0.1) is 0 Å². The van der Waals surface area contributed by atoms with E-state index in [1.165, 1.54) is 5.56 Å². The van der Waals surface area contributed by atoms with Crippen LogP contribution in [0.2, 0.25) is 0 Å². The minimum Gasteiger partial charge on any atom is -0.507 e. The SMILES string of the molecule is CC(c1ccc(-c2ccc(-c3cccc(O)c3C(=O)N(C(C)C)C(C)C)cc2)cc1)N(C)C. The Bertz CT molecular complexity index is 1080. The van der Waals surface area contributed by atoms with E-state index in [4.69, 9.17) is 0 Å². The van der Waals surface area contributed by atoms with Gasteiger partial charge in [-0.15, -0.1) is 0 Å². The molecule has 3 aromatic rings. The normalized spacial score (nSPS) is 12.4. The molecule has 0 fully saturated rings. The zero-order valence-corrected chi connectivity index (χ0v) is 20.8. The highest BCUT2D eigenvalue weighted by Gasteiger charge is 2.26. The summed E-state index contributed by atoms with van der Waals surface area (Å²) in [6.45, 7) is 10.2. The summed E-state index contributed by atoms with van der Waals surface area (Å²) in [4.78, 5) is 17.4. The molecule has 0 radical (unpaired) electrons. The van der Waals surface area contributed by atoms with Crippen molar-refractivity contribution in [1.29, 1.82) is 0 Å². The fourth-order valence-corrected chi connectivity index (χ4v) is 4.29. The van der Waals surface area contributed by atoms with E-state index in [2.05, 4.69) is 62.3 Å². The molecule has 0 aromatic heterocycles. The standard InChI is InChI=1S/C29H36N2O2/c1-19(2)31(20(3)4)29(33)28-26(9-8-10-27(28)32)25-17-15-24(16-18-25)23-13-11-22(12-14-23)21(5)30(6)7/h8-21,32H,1-7H3. The van der Waals surface area contributed by atoms with Crippen LogP contribution in [0.5, 0.6) is 5.75 Å². The lowest BCUT2D eigenvalue weighted by Gasteiger charge is -2.31. The zero-order chi connectivity index (χ0) is 24.3. The fourth-order valence-electron chi connectivity index (χ4n) is 4.29. The molecule has 0 heterocycles. The summed E-state index contributed by atoms with van der Waals surface area (Å²) in [6, 6.07) is 22.5. The van der Waals surface area contributed by atoms with Crippen LogP contribution in [0.4, 0.5) is 0 Å². The van der Waals surface area contributed by atoms with Gasteiger partial charge in [0.2, 0.25) is 0 Å². The molecule has 1 unspecified atom stereocenters. The van der Waals surface area contributed by atoms with Gasteiger partial charge in [0.25, 0.3) is 5.91 Å². The fraction of sp³-hybridized carbons (Fsp3) is 0.345. The van der Waals surface area contributed by atoms with Crippen molar-refractivity contribution in [2.24, 2.45) is 0 Å². The van der Waals surface area contributed by atoms with Gasteiger partial charge >= 0.3 is 0 Å². The number of carbonyl (C=O) groups excluding carboxylic acids is 1. The third-order valence-electron chi connectivity index (χ3n) is 6.30. The van der Waals surface area contributed by atoms with Crippen molar-refractivity contribution >= 4 is 5.91 Å². The number of carbonyl (C=O) groups is 1. The lowest BCUT2D eigenvalue weighted by molar-refractivity contribution is 0.0641. The number of nitrogens with zero attached hydrogens (tertiary/aromatic N) is 2. The van der Waals surface area contributed by atoms with Crippen LogP contribution in [-0.2, 0) is 0 Å². The van der Waals surface area contributed by atoms with Gasteiger partial charge < -0.3 is 14.9 Å². The van der Waals surface area contributed by atoms with Crippen LogP contribution in [0.3, 0.4) is 0 Å². The molecule has 0 aliphatic heterocycles. The molecule has 4 nitrogen and oxygen atoms in total. The molecule has 0 aliphatic rings.